The number of aryl methyl sites for hydroxylation is 1. The molecule has 5 atom stereocenters. The summed E-state index contributed by atoms with van der Waals surface area (Å²) in [5, 5.41) is 0.739. The van der Waals surface area contributed by atoms with Gasteiger partial charge in [-0.05, 0) is 104 Å². The van der Waals surface area contributed by atoms with Crippen LogP contribution in [-0.2, 0) is 37.7 Å². The smallest absolute Gasteiger partial charge is 0.286 e. The molecule has 3 aromatic rings. The van der Waals surface area contributed by atoms with Crippen LogP contribution in [0.1, 0.15) is 65.8 Å². The van der Waals surface area contributed by atoms with Crippen molar-refractivity contribution in [2.75, 3.05) is 37.5 Å². The van der Waals surface area contributed by atoms with Gasteiger partial charge in [-0.1, -0.05) is 29.8 Å². The fraction of sp³-hybridized carbons (Fsp3) is 0.459. The van der Waals surface area contributed by atoms with Gasteiger partial charge < -0.3 is 14.4 Å². The van der Waals surface area contributed by atoms with Crippen molar-refractivity contribution in [2.45, 2.75) is 62.9 Å². The summed E-state index contributed by atoms with van der Waals surface area (Å²) in [7, 11) is -1.71. The number of rotatable bonds is 4. The number of amides is 2. The van der Waals surface area contributed by atoms with Crippen molar-refractivity contribution in [3.8, 4) is 5.75 Å². The van der Waals surface area contributed by atoms with Gasteiger partial charge >= 0.3 is 0 Å². The van der Waals surface area contributed by atoms with Crippen molar-refractivity contribution in [1.29, 1.82) is 0 Å². The Hall–Kier alpha value is -3.80. The third kappa shape index (κ3) is 7.25. The number of halogens is 1. The molecule has 1 aromatic heterocycles. The van der Waals surface area contributed by atoms with Crippen LogP contribution < -0.4 is 14.4 Å². The van der Waals surface area contributed by atoms with E-state index in [1.165, 1.54) is 23.5 Å². The molecule has 258 valence electrons. The molecule has 2 aliphatic carbocycles. The fourth-order valence-electron chi connectivity index (χ4n) is 7.89. The van der Waals surface area contributed by atoms with Gasteiger partial charge in [-0.2, -0.15) is 0 Å². The molecule has 2 aliphatic heterocycles. The minimum atomic E-state index is -3.46. The summed E-state index contributed by atoms with van der Waals surface area (Å²) in [5.74, 6) is 0.534. The van der Waals surface area contributed by atoms with E-state index in [0.717, 1.165) is 49.4 Å². The van der Waals surface area contributed by atoms with E-state index in [9.17, 15) is 13.8 Å². The highest BCUT2D eigenvalue weighted by Crippen LogP contribution is 2.47. The lowest BCUT2D eigenvalue weighted by Gasteiger charge is -2.46. The van der Waals surface area contributed by atoms with Crippen LogP contribution in [0.25, 0.3) is 0 Å². The first-order chi connectivity index (χ1) is 23.7. The zero-order valence-electron chi connectivity index (χ0n) is 27.7. The Morgan fingerprint density at radius 2 is 2.02 bits per heavy atom. The number of anilines is 1. The van der Waals surface area contributed by atoms with Gasteiger partial charge in [-0.15, -0.1) is 4.36 Å². The number of nitrogens with one attached hydrogen (secondary N) is 1. The predicted octanol–water partition coefficient (Wildman–Crippen LogP) is 5.88. The lowest BCUT2D eigenvalue weighted by molar-refractivity contribution is -0.118. The van der Waals surface area contributed by atoms with Gasteiger partial charge in [0.2, 0.25) is 5.91 Å². The molecule has 12 heteroatoms. The molecule has 0 saturated heterocycles. The highest BCUT2D eigenvalue weighted by atomic mass is 35.5. The van der Waals surface area contributed by atoms with Gasteiger partial charge in [0.1, 0.15) is 21.5 Å². The van der Waals surface area contributed by atoms with E-state index in [2.05, 4.69) is 48.2 Å². The van der Waals surface area contributed by atoms with E-state index in [4.69, 9.17) is 21.1 Å². The van der Waals surface area contributed by atoms with Gasteiger partial charge in [0.05, 0.1) is 30.6 Å². The van der Waals surface area contributed by atoms with Crippen molar-refractivity contribution in [1.82, 2.24) is 14.7 Å². The zero-order valence-corrected chi connectivity index (χ0v) is 29.3. The van der Waals surface area contributed by atoms with Crippen molar-refractivity contribution in [2.24, 2.45) is 16.2 Å². The van der Waals surface area contributed by atoms with Crippen molar-refractivity contribution < 1.29 is 23.3 Å². The molecule has 7 rings (SSSR count). The number of methoxy groups -OCH3 is 1. The van der Waals surface area contributed by atoms with Crippen LogP contribution in [0.5, 0.6) is 5.75 Å². The van der Waals surface area contributed by atoms with Crippen LogP contribution >= 0.6 is 11.6 Å². The van der Waals surface area contributed by atoms with Crippen LogP contribution in [0.2, 0.25) is 5.02 Å². The molecule has 1 saturated carbocycles. The van der Waals surface area contributed by atoms with E-state index in [0.29, 0.717) is 49.1 Å². The van der Waals surface area contributed by atoms with Crippen LogP contribution in [0.15, 0.2) is 71.4 Å². The number of hydrogen-bond donors (Lipinski definition) is 1. The maximum atomic E-state index is 14.2. The van der Waals surface area contributed by atoms with Gasteiger partial charge in [-0.25, -0.2) is 14.2 Å². The number of nitrogens with zero attached hydrogens (tertiary/aromatic N) is 4. The lowest BCUT2D eigenvalue weighted by atomic mass is 9.68. The first-order valence-electron chi connectivity index (χ1n) is 17.1. The maximum Gasteiger partial charge on any atom is 0.286 e. The molecule has 2 amide bonds. The van der Waals surface area contributed by atoms with Gasteiger partial charge in [0.25, 0.3) is 5.91 Å². The molecule has 49 heavy (non-hydrogen) atoms. The summed E-state index contributed by atoms with van der Waals surface area (Å²) in [5.41, 5.74) is 3.39. The number of allylic oxidation sites excluding steroid dienone is 1. The molecule has 1 fully saturated rings. The predicted molar refractivity (Wildman–Crippen MR) is 189 cm³/mol. The highest BCUT2D eigenvalue weighted by Gasteiger charge is 2.44. The maximum absolute atomic E-state index is 14.2. The summed E-state index contributed by atoms with van der Waals surface area (Å²) in [4.78, 5) is 37.4. The Kier molecular flexibility index (Phi) is 9.77. The van der Waals surface area contributed by atoms with Crippen molar-refractivity contribution in [3.63, 3.8) is 0 Å². The van der Waals surface area contributed by atoms with Crippen LogP contribution in [0, 0.1) is 11.8 Å². The zero-order chi connectivity index (χ0) is 34.0. The SMILES string of the molecule is CO[C@H]1/C=C/CCC[S@@](=O)(NC(=O)Cc2ncccn2)=NC(=O)c2ccc3c(c2)N(C[C@@H]2CC[C@H]21)C[C@@]1(CCCc2cc(Cl)ccc21)CO3. The second kappa shape index (κ2) is 14.2. The summed E-state index contributed by atoms with van der Waals surface area (Å²) in [6.45, 7) is 2.00. The largest absolute Gasteiger partial charge is 0.490 e. The Morgan fingerprint density at radius 3 is 2.82 bits per heavy atom. The van der Waals surface area contributed by atoms with Crippen LogP contribution in [-0.4, -0.2) is 64.7 Å². The third-order valence-electron chi connectivity index (χ3n) is 10.5. The fourth-order valence-corrected chi connectivity index (χ4v) is 9.69. The van der Waals surface area contributed by atoms with Crippen molar-refractivity contribution >= 4 is 39.0 Å². The normalized spacial score (nSPS) is 28.9. The summed E-state index contributed by atoms with van der Waals surface area (Å²) < 4.78 is 33.6. The molecule has 0 unspecified atom stereocenters. The van der Waals surface area contributed by atoms with E-state index >= 15 is 0 Å². The number of hydrogen-bond acceptors (Lipinski definition) is 8. The number of carbonyl (C=O) groups is 2. The molecule has 1 spiro atoms. The monoisotopic (exact) mass is 703 g/mol. The molecule has 2 bridgehead atoms. The highest BCUT2D eigenvalue weighted by molar-refractivity contribution is 7.92. The van der Waals surface area contributed by atoms with Crippen molar-refractivity contribution in [3.05, 3.63) is 94.5 Å². The second-order valence-corrected chi connectivity index (χ2v) is 16.2. The molecular weight excluding hydrogens is 662 g/mol. The molecule has 3 heterocycles. The third-order valence-corrected chi connectivity index (χ3v) is 12.6. The number of aromatic nitrogens is 2. The summed E-state index contributed by atoms with van der Waals surface area (Å²) in [6.07, 6.45) is 13.2. The molecule has 10 nitrogen and oxygen atoms in total. The lowest BCUT2D eigenvalue weighted by Crippen LogP contribution is -2.49. The van der Waals surface area contributed by atoms with Crippen LogP contribution in [0.4, 0.5) is 5.69 Å². The number of fused-ring (bicyclic) bond motifs is 4. The number of ether oxygens (including phenoxy) is 2. The topological polar surface area (TPSA) is 123 Å². The summed E-state index contributed by atoms with van der Waals surface area (Å²) >= 11 is 6.44. The number of benzene rings is 2. The van der Waals surface area contributed by atoms with Gasteiger partial charge in [0, 0.05) is 48.6 Å². The molecular formula is C37H42ClN5O5S. The molecule has 1 N–H and O–H groups in total. The minimum Gasteiger partial charge on any atom is -0.490 e. The number of carbonyl (C=O) groups excluding carboxylic acids is 2. The summed E-state index contributed by atoms with van der Waals surface area (Å²) in [6, 6.07) is 13.2. The minimum absolute atomic E-state index is 0.0142. The molecule has 4 aliphatic rings. The molecule has 2 aromatic carbocycles. The van der Waals surface area contributed by atoms with Gasteiger partial charge in [0.15, 0.2) is 0 Å². The van der Waals surface area contributed by atoms with Crippen LogP contribution in [0.3, 0.4) is 0 Å². The Bertz CT molecular complexity index is 1880. The quantitative estimate of drug-likeness (QED) is 0.335. The Morgan fingerprint density at radius 1 is 1.16 bits per heavy atom. The standard InChI is InChI=1S/C37H42ClN5O5S/c1-47-32-8-3-2-4-18-49(46,41-35(44)21-34-39-16-6-17-40-34)42-36(45)26-10-14-33-31(20-26)43(22-27-9-12-29(27)32)23-37(24-48-33)15-5-7-25-19-28(38)11-13-30(25)37/h3,6,8,10-11,13-14,16-17,19-20,27,29,32H,2,4-5,7,9,12,15,18,21-24H2,1H3,(H,41,42,44,45,46)/b8-3+/t27-,29+,32-,37-,49+/m0/s1. The Balaban J connectivity index is 1.27. The average molecular weight is 704 g/mol. The van der Waals surface area contributed by atoms with Gasteiger partial charge in [-0.3, -0.25) is 14.3 Å². The first kappa shape index (κ1) is 33.7. The van der Waals surface area contributed by atoms with E-state index < -0.39 is 21.7 Å². The second-order valence-electron chi connectivity index (χ2n) is 13.7. The molecule has 0 radical (unpaired) electrons. The first-order valence-corrected chi connectivity index (χ1v) is 19.2. The Labute approximate surface area is 293 Å². The van der Waals surface area contributed by atoms with E-state index in [-0.39, 0.29) is 29.5 Å². The van der Waals surface area contributed by atoms with E-state index in [1.807, 2.05) is 18.2 Å². The van der Waals surface area contributed by atoms with E-state index in [1.54, 1.807) is 19.2 Å². The average Bonchev–Trinajstić information content (AvgIpc) is 3.22.